The molecule has 0 radical (unpaired) electrons. The molecular weight excluding hydrogens is 310 g/mol. The largest absolute Gasteiger partial charge is 0.444 e. The lowest BCUT2D eigenvalue weighted by Gasteiger charge is -2.20. The summed E-state index contributed by atoms with van der Waals surface area (Å²) in [6.45, 7) is 9.12. The Bertz CT molecular complexity index is 556. The van der Waals surface area contributed by atoms with Gasteiger partial charge in [0.2, 0.25) is 0 Å². The fraction of sp³-hybridized carbons (Fsp3) is 0.385. The number of aromatic nitrogens is 1. The standard InChI is InChI=1S/C13H18BrN3O2/c1-6-17-8-9(14)7-10(11(17)15-5)16-12(18)19-13(2,3)4/h6-8H,1H2,2-5H3,(H,16,18). The molecule has 1 heterocycles. The maximum Gasteiger partial charge on any atom is 0.412 e. The van der Waals surface area contributed by atoms with E-state index in [1.807, 2.05) is 20.8 Å². The number of rotatable bonds is 2. The minimum absolute atomic E-state index is 0.522. The highest BCUT2D eigenvalue weighted by molar-refractivity contribution is 9.10. The summed E-state index contributed by atoms with van der Waals surface area (Å²) in [5, 5.41) is 2.68. The van der Waals surface area contributed by atoms with Crippen molar-refractivity contribution in [3.05, 3.63) is 28.8 Å². The third-order valence-corrected chi connectivity index (χ3v) is 2.51. The molecule has 0 aliphatic heterocycles. The van der Waals surface area contributed by atoms with E-state index in [4.69, 9.17) is 4.74 Å². The summed E-state index contributed by atoms with van der Waals surface area (Å²) in [6, 6.07) is 1.76. The SMILES string of the molecule is C=Cn1cc(Br)cc(NC(=O)OC(C)(C)C)c1=NC. The second kappa shape index (κ2) is 6.06. The minimum Gasteiger partial charge on any atom is -0.444 e. The van der Waals surface area contributed by atoms with Gasteiger partial charge in [-0.2, -0.15) is 0 Å². The molecule has 6 heteroatoms. The number of pyridine rings is 1. The highest BCUT2D eigenvalue weighted by atomic mass is 79.9. The van der Waals surface area contributed by atoms with Crippen LogP contribution in [0.3, 0.4) is 0 Å². The van der Waals surface area contributed by atoms with Gasteiger partial charge in [0.15, 0.2) is 5.49 Å². The third kappa shape index (κ3) is 4.55. The van der Waals surface area contributed by atoms with Gasteiger partial charge >= 0.3 is 6.09 Å². The van der Waals surface area contributed by atoms with Crippen LogP contribution in [0.2, 0.25) is 0 Å². The summed E-state index contributed by atoms with van der Waals surface area (Å²) in [5.74, 6) is 0. The van der Waals surface area contributed by atoms with Crippen LogP contribution in [0.25, 0.3) is 6.20 Å². The number of halogens is 1. The van der Waals surface area contributed by atoms with Crippen LogP contribution < -0.4 is 10.8 Å². The van der Waals surface area contributed by atoms with Gasteiger partial charge in [0.1, 0.15) is 5.60 Å². The topological polar surface area (TPSA) is 55.6 Å². The van der Waals surface area contributed by atoms with Gasteiger partial charge in [0, 0.05) is 23.9 Å². The second-order valence-corrected chi connectivity index (χ2v) is 5.75. The van der Waals surface area contributed by atoms with E-state index in [0.717, 1.165) is 4.47 Å². The van der Waals surface area contributed by atoms with E-state index in [0.29, 0.717) is 11.2 Å². The average molecular weight is 328 g/mol. The third-order valence-electron chi connectivity index (χ3n) is 2.07. The molecule has 0 atom stereocenters. The van der Waals surface area contributed by atoms with Crippen molar-refractivity contribution in [3.8, 4) is 0 Å². The van der Waals surface area contributed by atoms with Crippen LogP contribution in [0.15, 0.2) is 28.3 Å². The number of nitrogens with one attached hydrogen (secondary N) is 1. The van der Waals surface area contributed by atoms with Crippen LogP contribution in [0, 0.1) is 0 Å². The first-order valence-electron chi connectivity index (χ1n) is 5.74. The average Bonchev–Trinajstić information content (AvgIpc) is 2.25. The summed E-state index contributed by atoms with van der Waals surface area (Å²) >= 11 is 3.37. The molecule has 5 nitrogen and oxygen atoms in total. The Labute approximate surface area is 121 Å². The highest BCUT2D eigenvalue weighted by Crippen LogP contribution is 2.14. The van der Waals surface area contributed by atoms with Crippen LogP contribution in [-0.2, 0) is 4.74 Å². The Balaban J connectivity index is 3.11. The number of anilines is 1. The van der Waals surface area contributed by atoms with E-state index >= 15 is 0 Å². The van der Waals surface area contributed by atoms with Gasteiger partial charge in [0.05, 0.1) is 5.69 Å². The number of carbonyl (C=O) groups is 1. The van der Waals surface area contributed by atoms with Crippen molar-refractivity contribution < 1.29 is 9.53 Å². The van der Waals surface area contributed by atoms with E-state index < -0.39 is 11.7 Å². The normalized spacial score (nSPS) is 12.2. The zero-order valence-electron chi connectivity index (χ0n) is 11.5. The molecule has 1 rings (SSSR count). The Morgan fingerprint density at radius 3 is 2.68 bits per heavy atom. The first-order chi connectivity index (χ1) is 8.76. The van der Waals surface area contributed by atoms with Gasteiger partial charge in [0.25, 0.3) is 0 Å². The van der Waals surface area contributed by atoms with Crippen molar-refractivity contribution in [3.63, 3.8) is 0 Å². The summed E-state index contributed by atoms with van der Waals surface area (Å²) < 4.78 is 7.71. The van der Waals surface area contributed by atoms with Gasteiger partial charge < -0.3 is 9.30 Å². The molecule has 0 saturated carbocycles. The van der Waals surface area contributed by atoms with E-state index in [2.05, 4.69) is 32.8 Å². The van der Waals surface area contributed by atoms with Crippen molar-refractivity contribution in [2.75, 3.05) is 12.4 Å². The maximum absolute atomic E-state index is 11.8. The lowest BCUT2D eigenvalue weighted by atomic mass is 10.2. The van der Waals surface area contributed by atoms with Crippen LogP contribution in [0.5, 0.6) is 0 Å². The van der Waals surface area contributed by atoms with Crippen molar-refractivity contribution in [1.82, 2.24) is 4.57 Å². The van der Waals surface area contributed by atoms with E-state index in [1.165, 1.54) is 0 Å². The van der Waals surface area contributed by atoms with Crippen LogP contribution in [0.4, 0.5) is 10.5 Å². The van der Waals surface area contributed by atoms with Crippen molar-refractivity contribution in [2.24, 2.45) is 4.99 Å². The van der Waals surface area contributed by atoms with Gasteiger partial charge in [-0.15, -0.1) is 0 Å². The molecule has 0 aliphatic rings. The fourth-order valence-corrected chi connectivity index (χ4v) is 1.90. The predicted molar refractivity (Wildman–Crippen MR) is 79.9 cm³/mol. The molecule has 104 valence electrons. The fourth-order valence-electron chi connectivity index (χ4n) is 1.45. The molecule has 0 unspecified atom stereocenters. The molecule has 1 N–H and O–H groups in total. The number of hydrogen-bond acceptors (Lipinski definition) is 3. The van der Waals surface area contributed by atoms with E-state index in [9.17, 15) is 4.79 Å². The zero-order valence-corrected chi connectivity index (χ0v) is 13.1. The summed E-state index contributed by atoms with van der Waals surface area (Å²) in [6.07, 6.45) is 2.88. The highest BCUT2D eigenvalue weighted by Gasteiger charge is 2.17. The van der Waals surface area contributed by atoms with Gasteiger partial charge in [-0.05, 0) is 42.8 Å². The molecule has 0 aromatic carbocycles. The number of hydrogen-bond donors (Lipinski definition) is 1. The van der Waals surface area contributed by atoms with Crippen LogP contribution in [0.1, 0.15) is 20.8 Å². The molecule has 1 amide bonds. The van der Waals surface area contributed by atoms with Gasteiger partial charge in [-0.25, -0.2) is 4.79 Å². The Morgan fingerprint density at radius 2 is 2.21 bits per heavy atom. The lowest BCUT2D eigenvalue weighted by molar-refractivity contribution is 0.0635. The molecule has 0 spiro atoms. The lowest BCUT2D eigenvalue weighted by Crippen LogP contribution is -2.30. The van der Waals surface area contributed by atoms with E-state index in [1.54, 1.807) is 30.1 Å². The maximum atomic E-state index is 11.8. The van der Waals surface area contributed by atoms with Crippen LogP contribution in [-0.4, -0.2) is 23.3 Å². The second-order valence-electron chi connectivity index (χ2n) is 4.84. The van der Waals surface area contributed by atoms with Crippen LogP contribution >= 0.6 is 15.9 Å². The molecule has 0 fully saturated rings. The number of nitrogens with zero attached hydrogens (tertiary/aromatic N) is 2. The summed E-state index contributed by atoms with van der Waals surface area (Å²) in [7, 11) is 1.64. The van der Waals surface area contributed by atoms with Crippen molar-refractivity contribution in [1.29, 1.82) is 0 Å². The van der Waals surface area contributed by atoms with Gasteiger partial charge in [-0.3, -0.25) is 10.3 Å². The molecule has 1 aromatic heterocycles. The number of carbonyl (C=O) groups excluding carboxylic acids is 1. The monoisotopic (exact) mass is 327 g/mol. The zero-order chi connectivity index (χ0) is 14.6. The Morgan fingerprint density at radius 1 is 1.58 bits per heavy atom. The van der Waals surface area contributed by atoms with E-state index in [-0.39, 0.29) is 0 Å². The molecule has 0 saturated heterocycles. The molecule has 0 aliphatic carbocycles. The number of ether oxygens (including phenoxy) is 1. The quantitative estimate of drug-likeness (QED) is 0.906. The summed E-state index contributed by atoms with van der Waals surface area (Å²) in [4.78, 5) is 15.9. The number of amides is 1. The molecule has 1 aromatic rings. The first kappa shape index (κ1) is 15.5. The molecular formula is C13H18BrN3O2. The van der Waals surface area contributed by atoms with Crippen molar-refractivity contribution >= 4 is 33.9 Å². The van der Waals surface area contributed by atoms with Crippen molar-refractivity contribution in [2.45, 2.75) is 26.4 Å². The first-order valence-corrected chi connectivity index (χ1v) is 6.53. The molecule has 19 heavy (non-hydrogen) atoms. The van der Waals surface area contributed by atoms with Gasteiger partial charge in [-0.1, -0.05) is 6.58 Å². The molecule has 0 bridgehead atoms. The smallest absolute Gasteiger partial charge is 0.412 e. The Hall–Kier alpha value is -1.56. The summed E-state index contributed by atoms with van der Waals surface area (Å²) in [5.41, 5.74) is 0.587. The Kier molecular flexibility index (Phi) is 4.94. The minimum atomic E-state index is -0.548. The predicted octanol–water partition coefficient (Wildman–Crippen LogP) is 3.23.